The van der Waals surface area contributed by atoms with Gasteiger partial charge in [-0.3, -0.25) is 4.79 Å². The molecule has 0 saturated carbocycles. The monoisotopic (exact) mass is 304 g/mol. The number of nitrogens with zero attached hydrogens (tertiary/aromatic N) is 3. The summed E-state index contributed by atoms with van der Waals surface area (Å²) in [5, 5.41) is 2.66. The van der Waals surface area contributed by atoms with E-state index < -0.39 is 0 Å². The summed E-state index contributed by atoms with van der Waals surface area (Å²) in [7, 11) is 1.67. The summed E-state index contributed by atoms with van der Waals surface area (Å²) in [5.41, 5.74) is 1.98. The molecule has 122 valence electrons. The third-order valence-corrected chi connectivity index (χ3v) is 4.36. The van der Waals surface area contributed by atoms with E-state index in [4.69, 9.17) is 4.98 Å². The van der Waals surface area contributed by atoms with E-state index in [9.17, 15) is 4.79 Å². The Morgan fingerprint density at radius 2 is 2.23 bits per heavy atom. The van der Waals surface area contributed by atoms with Crippen molar-refractivity contribution in [3.63, 3.8) is 0 Å². The third-order valence-electron chi connectivity index (χ3n) is 4.36. The first kappa shape index (κ1) is 16.9. The van der Waals surface area contributed by atoms with E-state index in [0.29, 0.717) is 24.8 Å². The number of aromatic nitrogens is 2. The second-order valence-electron chi connectivity index (χ2n) is 6.46. The number of hydrogen-bond donors (Lipinski definition) is 1. The Morgan fingerprint density at radius 3 is 2.91 bits per heavy atom. The number of carbonyl (C=O) groups excluding carboxylic acids is 1. The van der Waals surface area contributed by atoms with Crippen molar-refractivity contribution >= 4 is 5.91 Å². The number of amides is 1. The van der Waals surface area contributed by atoms with E-state index in [0.717, 1.165) is 30.2 Å². The molecule has 1 saturated heterocycles. The van der Waals surface area contributed by atoms with E-state index in [1.165, 1.54) is 13.0 Å². The smallest absolute Gasteiger partial charge is 0.220 e. The molecule has 1 atom stereocenters. The highest BCUT2D eigenvalue weighted by atomic mass is 16.1. The van der Waals surface area contributed by atoms with E-state index in [-0.39, 0.29) is 5.91 Å². The molecule has 5 nitrogen and oxygen atoms in total. The molecular formula is C17H28N4O. The fraction of sp³-hybridized carbons (Fsp3) is 0.706. The van der Waals surface area contributed by atoms with Crippen LogP contribution in [0.25, 0.3) is 0 Å². The Labute approximate surface area is 133 Å². The molecule has 1 aromatic heterocycles. The first-order valence-electron chi connectivity index (χ1n) is 8.28. The minimum Gasteiger partial charge on any atom is -0.359 e. The van der Waals surface area contributed by atoms with Crippen molar-refractivity contribution < 1.29 is 4.79 Å². The highest BCUT2D eigenvalue weighted by Crippen LogP contribution is 2.26. The fourth-order valence-electron chi connectivity index (χ4n) is 3.02. The van der Waals surface area contributed by atoms with Crippen LogP contribution >= 0.6 is 0 Å². The zero-order valence-electron chi connectivity index (χ0n) is 14.2. The van der Waals surface area contributed by atoms with Crippen molar-refractivity contribution in [2.75, 3.05) is 20.1 Å². The van der Waals surface area contributed by atoms with Gasteiger partial charge >= 0.3 is 0 Å². The van der Waals surface area contributed by atoms with Crippen molar-refractivity contribution in [3.8, 4) is 0 Å². The zero-order chi connectivity index (χ0) is 16.1. The van der Waals surface area contributed by atoms with E-state index in [2.05, 4.69) is 29.0 Å². The van der Waals surface area contributed by atoms with Crippen LogP contribution < -0.4 is 5.32 Å². The van der Waals surface area contributed by atoms with Gasteiger partial charge in [0.1, 0.15) is 5.82 Å². The predicted octanol–water partition coefficient (Wildman–Crippen LogP) is 2.05. The van der Waals surface area contributed by atoms with Crippen LogP contribution in [0.15, 0.2) is 6.07 Å². The number of aryl methyl sites for hydroxylation is 2. The Balaban J connectivity index is 2.10. The highest BCUT2D eigenvalue weighted by Gasteiger charge is 2.25. The number of likely N-dealkylation sites (tertiary alicyclic amines) is 1. The number of hydrogen-bond acceptors (Lipinski definition) is 4. The Kier molecular flexibility index (Phi) is 5.89. The average Bonchev–Trinajstić information content (AvgIpc) is 2.52. The quantitative estimate of drug-likeness (QED) is 0.904. The summed E-state index contributed by atoms with van der Waals surface area (Å²) in [6.45, 7) is 8.71. The van der Waals surface area contributed by atoms with Crippen LogP contribution in [-0.4, -0.2) is 47.0 Å². The molecule has 0 radical (unpaired) electrons. The van der Waals surface area contributed by atoms with Crippen molar-refractivity contribution in [2.24, 2.45) is 0 Å². The van der Waals surface area contributed by atoms with E-state index in [1.807, 2.05) is 13.0 Å². The molecular weight excluding hydrogens is 276 g/mol. The van der Waals surface area contributed by atoms with Gasteiger partial charge in [0.15, 0.2) is 0 Å². The van der Waals surface area contributed by atoms with E-state index >= 15 is 0 Å². The van der Waals surface area contributed by atoms with Gasteiger partial charge in [0.25, 0.3) is 0 Å². The average molecular weight is 304 g/mol. The molecule has 0 unspecified atom stereocenters. The molecule has 1 fully saturated rings. The van der Waals surface area contributed by atoms with Crippen molar-refractivity contribution in [1.29, 1.82) is 0 Å². The van der Waals surface area contributed by atoms with Crippen LogP contribution in [0.4, 0.5) is 0 Å². The van der Waals surface area contributed by atoms with Gasteiger partial charge in [0.05, 0.1) is 0 Å². The number of piperidine rings is 1. The van der Waals surface area contributed by atoms with Crippen molar-refractivity contribution in [3.05, 3.63) is 23.3 Å². The van der Waals surface area contributed by atoms with Gasteiger partial charge in [-0.15, -0.1) is 0 Å². The van der Waals surface area contributed by atoms with Gasteiger partial charge in [-0.1, -0.05) is 0 Å². The SMILES string of the molecule is CNC(=O)CCc1cc(C)nc([C@H]2CCCN(C(C)C)C2)n1. The standard InChI is InChI=1S/C17H28N4O/c1-12(2)21-9-5-6-14(11-21)17-19-13(3)10-15(20-17)7-8-16(22)18-4/h10,12,14H,5-9,11H2,1-4H3,(H,18,22)/t14-/m0/s1. The summed E-state index contributed by atoms with van der Waals surface area (Å²) in [4.78, 5) is 23.3. The van der Waals surface area contributed by atoms with Crippen LogP contribution in [0.1, 0.15) is 56.2 Å². The second-order valence-corrected chi connectivity index (χ2v) is 6.46. The molecule has 1 aliphatic rings. The minimum absolute atomic E-state index is 0.0569. The molecule has 0 spiro atoms. The second kappa shape index (κ2) is 7.68. The van der Waals surface area contributed by atoms with Crippen molar-refractivity contribution in [2.45, 2.75) is 58.4 Å². The molecule has 0 bridgehead atoms. The zero-order valence-corrected chi connectivity index (χ0v) is 14.2. The summed E-state index contributed by atoms with van der Waals surface area (Å²) in [6, 6.07) is 2.57. The van der Waals surface area contributed by atoms with Crippen LogP contribution in [-0.2, 0) is 11.2 Å². The van der Waals surface area contributed by atoms with Gasteiger partial charge in [-0.05, 0) is 52.6 Å². The number of nitrogens with one attached hydrogen (secondary N) is 1. The fourth-order valence-corrected chi connectivity index (χ4v) is 3.02. The van der Waals surface area contributed by atoms with Gasteiger partial charge in [0, 0.05) is 43.4 Å². The Bertz CT molecular complexity index is 515. The maximum absolute atomic E-state index is 11.4. The minimum atomic E-state index is 0.0569. The summed E-state index contributed by atoms with van der Waals surface area (Å²) in [6.07, 6.45) is 3.51. The lowest BCUT2D eigenvalue weighted by atomic mass is 9.96. The lowest BCUT2D eigenvalue weighted by Crippen LogP contribution is -2.39. The molecule has 1 aromatic rings. The topological polar surface area (TPSA) is 58.1 Å². The largest absolute Gasteiger partial charge is 0.359 e. The molecule has 0 aromatic carbocycles. The summed E-state index contributed by atoms with van der Waals surface area (Å²) >= 11 is 0. The summed E-state index contributed by atoms with van der Waals surface area (Å²) in [5.74, 6) is 1.42. The molecule has 5 heteroatoms. The molecule has 22 heavy (non-hydrogen) atoms. The molecule has 0 aliphatic carbocycles. The maximum atomic E-state index is 11.4. The Morgan fingerprint density at radius 1 is 1.45 bits per heavy atom. The lowest BCUT2D eigenvalue weighted by Gasteiger charge is -2.34. The maximum Gasteiger partial charge on any atom is 0.220 e. The summed E-state index contributed by atoms with van der Waals surface area (Å²) < 4.78 is 0. The number of carbonyl (C=O) groups is 1. The first-order chi connectivity index (χ1) is 10.5. The van der Waals surface area contributed by atoms with E-state index in [1.54, 1.807) is 7.05 Å². The molecule has 2 rings (SSSR count). The van der Waals surface area contributed by atoms with Gasteiger partial charge in [-0.25, -0.2) is 9.97 Å². The predicted molar refractivity (Wildman–Crippen MR) is 87.8 cm³/mol. The number of rotatable bonds is 5. The first-order valence-corrected chi connectivity index (χ1v) is 8.28. The lowest BCUT2D eigenvalue weighted by molar-refractivity contribution is -0.120. The molecule has 1 amide bonds. The van der Waals surface area contributed by atoms with Crippen LogP contribution in [0.3, 0.4) is 0 Å². The van der Waals surface area contributed by atoms with Crippen LogP contribution in [0.2, 0.25) is 0 Å². The van der Waals surface area contributed by atoms with Gasteiger partial charge in [-0.2, -0.15) is 0 Å². The molecule has 1 N–H and O–H groups in total. The molecule has 1 aliphatic heterocycles. The van der Waals surface area contributed by atoms with Crippen molar-refractivity contribution in [1.82, 2.24) is 20.2 Å². The third kappa shape index (κ3) is 4.50. The Hall–Kier alpha value is -1.49. The van der Waals surface area contributed by atoms with Crippen LogP contribution in [0, 0.1) is 6.92 Å². The van der Waals surface area contributed by atoms with Gasteiger partial charge < -0.3 is 10.2 Å². The van der Waals surface area contributed by atoms with Crippen LogP contribution in [0.5, 0.6) is 0 Å². The van der Waals surface area contributed by atoms with Gasteiger partial charge in [0.2, 0.25) is 5.91 Å². The molecule has 2 heterocycles. The normalized spacial score (nSPS) is 19.4. The highest BCUT2D eigenvalue weighted by molar-refractivity contribution is 5.75.